The summed E-state index contributed by atoms with van der Waals surface area (Å²) < 4.78 is 39.4. The second-order valence-corrected chi connectivity index (χ2v) is 12.1. The summed E-state index contributed by atoms with van der Waals surface area (Å²) in [5.74, 6) is 1.05. The van der Waals surface area contributed by atoms with Crippen molar-refractivity contribution in [2.45, 2.75) is 37.2 Å². The molecule has 1 unspecified atom stereocenters. The highest BCUT2D eigenvalue weighted by Crippen LogP contribution is 2.34. The summed E-state index contributed by atoms with van der Waals surface area (Å²) in [6.07, 6.45) is 0.722. The Hall–Kier alpha value is -2.59. The lowest BCUT2D eigenvalue weighted by Crippen LogP contribution is -2.49. The predicted molar refractivity (Wildman–Crippen MR) is 141 cm³/mol. The lowest BCUT2D eigenvalue weighted by Gasteiger charge is -2.37. The largest absolute Gasteiger partial charge is 0.497 e. The quantitative estimate of drug-likeness (QED) is 0.375. The normalized spacial score (nSPS) is 15.7. The monoisotopic (exact) mass is 548 g/mol. The molecule has 0 fully saturated rings. The number of thiophene rings is 1. The van der Waals surface area contributed by atoms with Gasteiger partial charge in [-0.3, -0.25) is 4.79 Å². The zero-order chi connectivity index (χ0) is 25.9. The van der Waals surface area contributed by atoms with Gasteiger partial charge in [-0.15, -0.1) is 11.3 Å². The molecule has 0 saturated carbocycles. The van der Waals surface area contributed by atoms with Gasteiger partial charge in [-0.2, -0.15) is 4.31 Å². The molecule has 3 aromatic rings. The Bertz CT molecular complexity index is 1310. The van der Waals surface area contributed by atoms with E-state index in [4.69, 9.17) is 21.1 Å². The number of amides is 1. The SMILES string of the molecule is COc1cccc(OCC2c3ccsc3CCN2C(=O)CN(C(C)C)S(=O)(=O)c2ccc(Cl)cc2)c1. The number of sulfonamides is 1. The van der Waals surface area contributed by atoms with Gasteiger partial charge in [-0.05, 0) is 73.7 Å². The molecule has 0 radical (unpaired) electrons. The first kappa shape index (κ1) is 26.5. The highest BCUT2D eigenvalue weighted by atomic mass is 35.5. The lowest BCUT2D eigenvalue weighted by atomic mass is 10.0. The molecule has 1 atom stereocenters. The van der Waals surface area contributed by atoms with Gasteiger partial charge in [-0.1, -0.05) is 17.7 Å². The van der Waals surface area contributed by atoms with E-state index in [9.17, 15) is 13.2 Å². The molecule has 0 bridgehead atoms. The van der Waals surface area contributed by atoms with Gasteiger partial charge in [0.2, 0.25) is 15.9 Å². The maximum absolute atomic E-state index is 13.6. The Kier molecular flexibility index (Phi) is 8.24. The Morgan fingerprint density at radius 1 is 1.17 bits per heavy atom. The fourth-order valence-electron chi connectivity index (χ4n) is 4.25. The molecule has 2 aromatic carbocycles. The van der Waals surface area contributed by atoms with Crippen LogP contribution in [-0.2, 0) is 21.2 Å². The van der Waals surface area contributed by atoms with Crippen molar-refractivity contribution in [2.24, 2.45) is 0 Å². The summed E-state index contributed by atoms with van der Waals surface area (Å²) >= 11 is 7.60. The first-order chi connectivity index (χ1) is 17.2. The number of benzene rings is 2. The summed E-state index contributed by atoms with van der Waals surface area (Å²) in [4.78, 5) is 16.7. The van der Waals surface area contributed by atoms with Crippen LogP contribution in [0.4, 0.5) is 0 Å². The molecule has 1 aliphatic rings. The van der Waals surface area contributed by atoms with Crippen LogP contribution in [0.25, 0.3) is 0 Å². The molecular weight excluding hydrogens is 520 g/mol. The molecule has 36 heavy (non-hydrogen) atoms. The molecule has 10 heteroatoms. The highest BCUT2D eigenvalue weighted by molar-refractivity contribution is 7.89. The van der Waals surface area contributed by atoms with Crippen LogP contribution in [-0.4, -0.2) is 56.4 Å². The number of carbonyl (C=O) groups is 1. The van der Waals surface area contributed by atoms with Crippen molar-refractivity contribution in [3.8, 4) is 11.5 Å². The van der Waals surface area contributed by atoms with Gasteiger partial charge in [0.15, 0.2) is 0 Å². The fourth-order valence-corrected chi connectivity index (χ4v) is 6.89. The van der Waals surface area contributed by atoms with Gasteiger partial charge in [0.1, 0.15) is 18.1 Å². The molecule has 1 amide bonds. The molecule has 4 rings (SSSR count). The van der Waals surface area contributed by atoms with E-state index in [2.05, 4.69) is 0 Å². The Balaban J connectivity index is 1.56. The van der Waals surface area contributed by atoms with Crippen LogP contribution in [0.2, 0.25) is 5.02 Å². The first-order valence-electron chi connectivity index (χ1n) is 11.6. The number of hydrogen-bond donors (Lipinski definition) is 0. The number of carbonyl (C=O) groups excluding carboxylic acids is 1. The van der Waals surface area contributed by atoms with Crippen molar-refractivity contribution in [2.75, 3.05) is 26.8 Å². The first-order valence-corrected chi connectivity index (χ1v) is 14.3. The van der Waals surface area contributed by atoms with Crippen molar-refractivity contribution in [3.63, 3.8) is 0 Å². The molecule has 1 aliphatic heterocycles. The number of rotatable bonds is 9. The smallest absolute Gasteiger partial charge is 0.243 e. The third kappa shape index (κ3) is 5.70. The molecule has 0 saturated heterocycles. The lowest BCUT2D eigenvalue weighted by molar-refractivity contribution is -0.135. The maximum Gasteiger partial charge on any atom is 0.243 e. The van der Waals surface area contributed by atoms with Gasteiger partial charge in [0, 0.05) is 28.6 Å². The Labute approximate surface area is 221 Å². The van der Waals surface area contributed by atoms with Gasteiger partial charge >= 0.3 is 0 Å². The Morgan fingerprint density at radius 2 is 1.89 bits per heavy atom. The van der Waals surface area contributed by atoms with Crippen molar-refractivity contribution < 1.29 is 22.7 Å². The summed E-state index contributed by atoms with van der Waals surface area (Å²) in [5.41, 5.74) is 1.04. The van der Waals surface area contributed by atoms with E-state index in [0.717, 1.165) is 12.0 Å². The molecule has 0 spiro atoms. The average Bonchev–Trinajstić information content (AvgIpc) is 3.35. The summed E-state index contributed by atoms with van der Waals surface area (Å²) in [6.45, 7) is 3.99. The minimum absolute atomic E-state index is 0.102. The second-order valence-electron chi connectivity index (χ2n) is 8.74. The number of ether oxygens (including phenoxy) is 2. The van der Waals surface area contributed by atoms with Crippen molar-refractivity contribution in [3.05, 3.63) is 75.4 Å². The number of nitrogens with zero attached hydrogens (tertiary/aromatic N) is 2. The van der Waals surface area contributed by atoms with Crippen molar-refractivity contribution in [1.82, 2.24) is 9.21 Å². The van der Waals surface area contributed by atoms with Crippen molar-refractivity contribution >= 4 is 38.9 Å². The van der Waals surface area contributed by atoms with Gasteiger partial charge in [0.25, 0.3) is 0 Å². The standard InChI is InChI=1S/C26H29ClN2O5S2/c1-18(2)29(36(31,32)22-9-7-19(27)8-10-22)16-26(30)28-13-11-25-23(12-14-35-25)24(28)17-34-21-6-4-5-20(15-21)33-3/h4-10,12,14-15,18,24H,11,13,16-17H2,1-3H3. The third-order valence-corrected chi connectivity index (χ3v) is 9.44. The summed E-state index contributed by atoms with van der Waals surface area (Å²) in [7, 11) is -2.30. The maximum atomic E-state index is 13.6. The number of halogens is 1. The molecule has 0 N–H and O–H groups in total. The van der Waals surface area contributed by atoms with Crippen molar-refractivity contribution in [1.29, 1.82) is 0 Å². The molecular formula is C26H29ClN2O5S2. The van der Waals surface area contributed by atoms with Crippen LogP contribution < -0.4 is 9.47 Å². The van der Waals surface area contributed by atoms with E-state index in [1.54, 1.807) is 43.3 Å². The van der Waals surface area contributed by atoms with Crippen LogP contribution in [0.1, 0.15) is 30.3 Å². The van der Waals surface area contributed by atoms with E-state index in [0.29, 0.717) is 23.1 Å². The Morgan fingerprint density at radius 3 is 2.58 bits per heavy atom. The molecule has 0 aliphatic carbocycles. The minimum atomic E-state index is -3.90. The topological polar surface area (TPSA) is 76.2 Å². The van der Waals surface area contributed by atoms with E-state index in [1.165, 1.54) is 33.4 Å². The molecule has 2 heterocycles. The number of fused-ring (bicyclic) bond motifs is 1. The van der Waals surface area contributed by atoms with E-state index in [-0.39, 0.29) is 30.0 Å². The van der Waals surface area contributed by atoms with Gasteiger partial charge < -0.3 is 14.4 Å². The zero-order valence-corrected chi connectivity index (χ0v) is 22.8. The summed E-state index contributed by atoms with van der Waals surface area (Å²) in [5, 5.41) is 2.46. The van der Waals surface area contributed by atoms with Crippen LogP contribution in [0.3, 0.4) is 0 Å². The van der Waals surface area contributed by atoms with Crippen LogP contribution in [0.15, 0.2) is 64.9 Å². The van der Waals surface area contributed by atoms with Gasteiger partial charge in [-0.25, -0.2) is 8.42 Å². The third-order valence-electron chi connectivity index (χ3n) is 6.15. The second kappa shape index (κ2) is 11.2. The van der Waals surface area contributed by atoms with Crippen LogP contribution >= 0.6 is 22.9 Å². The van der Waals surface area contributed by atoms with Gasteiger partial charge in [0.05, 0.1) is 24.6 Å². The highest BCUT2D eigenvalue weighted by Gasteiger charge is 2.36. The molecule has 7 nitrogen and oxygen atoms in total. The average molecular weight is 549 g/mol. The summed E-state index contributed by atoms with van der Waals surface area (Å²) in [6, 6.07) is 14.6. The predicted octanol–water partition coefficient (Wildman–Crippen LogP) is 5.01. The fraction of sp³-hybridized carbons (Fsp3) is 0.346. The van der Waals surface area contributed by atoms with E-state index in [1.807, 2.05) is 29.6 Å². The number of methoxy groups -OCH3 is 1. The molecule has 1 aromatic heterocycles. The van der Waals surface area contributed by atoms with Crippen LogP contribution in [0, 0.1) is 0 Å². The van der Waals surface area contributed by atoms with E-state index >= 15 is 0 Å². The van der Waals surface area contributed by atoms with E-state index < -0.39 is 16.1 Å². The minimum Gasteiger partial charge on any atom is -0.497 e. The number of hydrogen-bond acceptors (Lipinski definition) is 6. The zero-order valence-electron chi connectivity index (χ0n) is 20.4. The van der Waals surface area contributed by atoms with Crippen LogP contribution in [0.5, 0.6) is 11.5 Å². The molecule has 192 valence electrons.